The first-order valence-corrected chi connectivity index (χ1v) is 9.52. The van der Waals surface area contributed by atoms with Crippen molar-refractivity contribution in [3.63, 3.8) is 0 Å². The van der Waals surface area contributed by atoms with Crippen LogP contribution in [0.15, 0.2) is 54.6 Å². The van der Waals surface area contributed by atoms with Gasteiger partial charge in [-0.2, -0.15) is 0 Å². The predicted molar refractivity (Wildman–Crippen MR) is 96.6 cm³/mol. The number of halogens is 1. The van der Waals surface area contributed by atoms with Crippen LogP contribution in [-0.4, -0.2) is 28.6 Å². The van der Waals surface area contributed by atoms with Crippen LogP contribution in [0, 0.1) is 5.82 Å². The molecule has 0 aliphatic carbocycles. The monoisotopic (exact) mass is 371 g/mol. The molecule has 0 bridgehead atoms. The van der Waals surface area contributed by atoms with E-state index in [0.29, 0.717) is 24.2 Å². The molecule has 1 amide bonds. The zero-order chi connectivity index (χ0) is 18.1. The van der Waals surface area contributed by atoms with Gasteiger partial charge in [0.25, 0.3) is 0 Å². The first-order valence-electron chi connectivity index (χ1n) is 8.53. The highest BCUT2D eigenvalue weighted by Gasteiger charge is 2.57. The summed E-state index contributed by atoms with van der Waals surface area (Å²) in [5, 5.41) is 0. The van der Waals surface area contributed by atoms with Gasteiger partial charge in [0, 0.05) is 17.7 Å². The SMILES string of the molecule is O=C(OCc1ccccc1F)[C@H]1CS[C@@]2(c3ccccc3)CCC(=O)N12. The molecule has 2 aromatic carbocycles. The van der Waals surface area contributed by atoms with Crippen LogP contribution < -0.4 is 0 Å². The number of fused-ring (bicyclic) bond motifs is 1. The maximum absolute atomic E-state index is 13.7. The zero-order valence-corrected chi connectivity index (χ0v) is 14.9. The summed E-state index contributed by atoms with van der Waals surface area (Å²) in [5.41, 5.74) is 1.36. The molecule has 0 spiro atoms. The van der Waals surface area contributed by atoms with E-state index >= 15 is 0 Å². The van der Waals surface area contributed by atoms with E-state index in [2.05, 4.69) is 0 Å². The fraction of sp³-hybridized carbons (Fsp3) is 0.300. The van der Waals surface area contributed by atoms with E-state index in [1.807, 2.05) is 30.3 Å². The molecule has 0 N–H and O–H groups in total. The Labute approximate surface area is 155 Å². The Morgan fingerprint density at radius 3 is 2.69 bits per heavy atom. The molecule has 2 aliphatic heterocycles. The molecule has 134 valence electrons. The standard InChI is InChI=1S/C20H18FNO3S/c21-16-9-5-4-6-14(16)12-25-19(24)17-13-26-20(11-10-18(23)22(17)20)15-7-2-1-3-8-15/h1-9,17H,10-13H2/t17-,20-/m1/s1. The Morgan fingerprint density at radius 1 is 1.19 bits per heavy atom. The fourth-order valence-corrected chi connectivity index (χ4v) is 5.31. The molecule has 6 heteroatoms. The van der Waals surface area contributed by atoms with Gasteiger partial charge in [0.05, 0.1) is 0 Å². The van der Waals surface area contributed by atoms with Crippen molar-refractivity contribution >= 4 is 23.6 Å². The Kier molecular flexibility index (Phi) is 4.44. The van der Waals surface area contributed by atoms with Crippen LogP contribution in [0.5, 0.6) is 0 Å². The number of thioether (sulfide) groups is 1. The normalized spacial score (nSPS) is 24.6. The highest BCUT2D eigenvalue weighted by Crippen LogP contribution is 2.54. The minimum atomic E-state index is -0.637. The second-order valence-corrected chi connectivity index (χ2v) is 7.74. The van der Waals surface area contributed by atoms with Crippen molar-refractivity contribution < 1.29 is 18.7 Å². The number of nitrogens with zero attached hydrogens (tertiary/aromatic N) is 1. The van der Waals surface area contributed by atoms with E-state index in [1.54, 1.807) is 34.9 Å². The van der Waals surface area contributed by atoms with Crippen molar-refractivity contribution in [1.29, 1.82) is 0 Å². The fourth-order valence-electron chi connectivity index (χ4n) is 3.68. The van der Waals surface area contributed by atoms with E-state index < -0.39 is 22.7 Å². The Bertz CT molecular complexity index is 844. The molecule has 2 heterocycles. The van der Waals surface area contributed by atoms with Crippen LogP contribution in [0.3, 0.4) is 0 Å². The first kappa shape index (κ1) is 17.1. The van der Waals surface area contributed by atoms with Crippen LogP contribution in [0.25, 0.3) is 0 Å². The molecule has 2 fully saturated rings. The third-order valence-electron chi connectivity index (χ3n) is 4.95. The summed E-state index contributed by atoms with van der Waals surface area (Å²) >= 11 is 1.61. The van der Waals surface area contributed by atoms with Crippen molar-refractivity contribution in [2.24, 2.45) is 0 Å². The van der Waals surface area contributed by atoms with Gasteiger partial charge in [-0.1, -0.05) is 48.5 Å². The lowest BCUT2D eigenvalue weighted by atomic mass is 10.0. The highest BCUT2D eigenvalue weighted by atomic mass is 32.2. The molecule has 2 atom stereocenters. The number of esters is 1. The smallest absolute Gasteiger partial charge is 0.330 e. The average Bonchev–Trinajstić information content (AvgIpc) is 3.21. The van der Waals surface area contributed by atoms with Gasteiger partial charge in [-0.3, -0.25) is 4.79 Å². The van der Waals surface area contributed by atoms with Crippen LogP contribution in [0.1, 0.15) is 24.0 Å². The Balaban J connectivity index is 1.54. The average molecular weight is 371 g/mol. The molecule has 2 aromatic rings. The van der Waals surface area contributed by atoms with Crippen molar-refractivity contribution in [2.75, 3.05) is 5.75 Å². The van der Waals surface area contributed by atoms with E-state index in [9.17, 15) is 14.0 Å². The number of benzene rings is 2. The minimum Gasteiger partial charge on any atom is -0.459 e. The summed E-state index contributed by atoms with van der Waals surface area (Å²) in [5.74, 6) is -0.436. The number of carbonyl (C=O) groups excluding carboxylic acids is 2. The van der Waals surface area contributed by atoms with Gasteiger partial charge in [0.2, 0.25) is 5.91 Å². The molecule has 4 nitrogen and oxygen atoms in total. The molecule has 0 aromatic heterocycles. The molecule has 4 rings (SSSR count). The van der Waals surface area contributed by atoms with E-state index in [-0.39, 0.29) is 12.5 Å². The summed E-state index contributed by atoms with van der Waals surface area (Å²) in [4.78, 5) is 26.3. The van der Waals surface area contributed by atoms with Crippen LogP contribution >= 0.6 is 11.8 Å². The van der Waals surface area contributed by atoms with Crippen LogP contribution in [0.4, 0.5) is 4.39 Å². The number of rotatable bonds is 4. The van der Waals surface area contributed by atoms with Crippen molar-refractivity contribution in [3.8, 4) is 0 Å². The van der Waals surface area contributed by atoms with Crippen molar-refractivity contribution in [2.45, 2.75) is 30.4 Å². The summed E-state index contributed by atoms with van der Waals surface area (Å²) in [6.45, 7) is -0.132. The maximum atomic E-state index is 13.7. The molecule has 2 aliphatic rings. The second kappa shape index (κ2) is 6.76. The lowest BCUT2D eigenvalue weighted by Gasteiger charge is -2.33. The summed E-state index contributed by atoms with van der Waals surface area (Å²) in [6, 6.07) is 15.4. The third kappa shape index (κ3) is 2.78. The number of ether oxygens (including phenoxy) is 1. The summed E-state index contributed by atoms with van der Waals surface area (Å²) in [6.07, 6.45) is 1.09. The number of hydrogen-bond acceptors (Lipinski definition) is 4. The first-order chi connectivity index (χ1) is 12.6. The van der Waals surface area contributed by atoms with Crippen molar-refractivity contribution in [1.82, 2.24) is 4.90 Å². The van der Waals surface area contributed by atoms with Crippen molar-refractivity contribution in [3.05, 3.63) is 71.5 Å². The summed E-state index contributed by atoms with van der Waals surface area (Å²) < 4.78 is 19.1. The minimum absolute atomic E-state index is 0.0355. The Morgan fingerprint density at radius 2 is 1.92 bits per heavy atom. The molecular weight excluding hydrogens is 353 g/mol. The van der Waals surface area contributed by atoms with E-state index in [0.717, 1.165) is 5.56 Å². The highest BCUT2D eigenvalue weighted by molar-refractivity contribution is 8.00. The number of carbonyl (C=O) groups is 2. The molecular formula is C20H18FNO3S. The maximum Gasteiger partial charge on any atom is 0.330 e. The lowest BCUT2D eigenvalue weighted by Crippen LogP contribution is -2.46. The van der Waals surface area contributed by atoms with Gasteiger partial charge in [0.1, 0.15) is 23.3 Å². The molecule has 26 heavy (non-hydrogen) atoms. The largest absolute Gasteiger partial charge is 0.459 e. The lowest BCUT2D eigenvalue weighted by molar-refractivity contribution is -0.155. The quantitative estimate of drug-likeness (QED) is 0.773. The van der Waals surface area contributed by atoms with Gasteiger partial charge < -0.3 is 9.64 Å². The van der Waals surface area contributed by atoms with Crippen LogP contribution in [-0.2, 0) is 25.8 Å². The molecule has 0 unspecified atom stereocenters. The van der Waals surface area contributed by atoms with E-state index in [4.69, 9.17) is 4.74 Å². The number of hydrogen-bond donors (Lipinski definition) is 0. The van der Waals surface area contributed by atoms with Crippen LogP contribution in [0.2, 0.25) is 0 Å². The predicted octanol–water partition coefficient (Wildman–Crippen LogP) is 3.46. The molecule has 0 saturated carbocycles. The van der Waals surface area contributed by atoms with E-state index in [1.165, 1.54) is 6.07 Å². The third-order valence-corrected chi connectivity index (χ3v) is 6.55. The zero-order valence-electron chi connectivity index (χ0n) is 14.1. The topological polar surface area (TPSA) is 46.6 Å². The van der Waals surface area contributed by atoms with Gasteiger partial charge in [-0.05, 0) is 18.1 Å². The number of amides is 1. The van der Waals surface area contributed by atoms with Gasteiger partial charge in [0.15, 0.2) is 0 Å². The van der Waals surface area contributed by atoms with Gasteiger partial charge in [-0.15, -0.1) is 11.8 Å². The molecule has 2 saturated heterocycles. The van der Waals surface area contributed by atoms with Gasteiger partial charge in [-0.25, -0.2) is 9.18 Å². The molecule has 0 radical (unpaired) electrons. The Hall–Kier alpha value is -2.34. The summed E-state index contributed by atoms with van der Waals surface area (Å²) in [7, 11) is 0. The second-order valence-electron chi connectivity index (χ2n) is 6.44. The van der Waals surface area contributed by atoms with Gasteiger partial charge >= 0.3 is 5.97 Å².